The van der Waals surface area contributed by atoms with Crippen LogP contribution in [0.4, 0.5) is 5.69 Å². The summed E-state index contributed by atoms with van der Waals surface area (Å²) in [6, 6.07) is 11.6. The number of piperidine rings is 1. The molecular formula is C27H32N4O4. The molecule has 1 fully saturated rings. The highest BCUT2D eigenvalue weighted by molar-refractivity contribution is 5.99. The Labute approximate surface area is 205 Å². The highest BCUT2D eigenvalue weighted by Crippen LogP contribution is 2.31. The summed E-state index contributed by atoms with van der Waals surface area (Å²) in [6.07, 6.45) is 6.39. The van der Waals surface area contributed by atoms with Crippen LogP contribution in [0.3, 0.4) is 0 Å². The van der Waals surface area contributed by atoms with Crippen molar-refractivity contribution in [1.82, 2.24) is 14.9 Å². The van der Waals surface area contributed by atoms with Crippen LogP contribution in [-0.4, -0.2) is 60.7 Å². The lowest BCUT2D eigenvalue weighted by atomic mass is 9.93. The van der Waals surface area contributed by atoms with Gasteiger partial charge in [0.2, 0.25) is 11.8 Å². The molecule has 3 aromatic rings. The van der Waals surface area contributed by atoms with Crippen LogP contribution >= 0.6 is 0 Å². The van der Waals surface area contributed by atoms with Crippen molar-refractivity contribution >= 4 is 22.6 Å². The summed E-state index contributed by atoms with van der Waals surface area (Å²) >= 11 is 0. The monoisotopic (exact) mass is 476 g/mol. The zero-order valence-corrected chi connectivity index (χ0v) is 20.2. The summed E-state index contributed by atoms with van der Waals surface area (Å²) in [5, 5.41) is 3.03. The zero-order valence-electron chi connectivity index (χ0n) is 20.2. The maximum atomic E-state index is 12.7. The van der Waals surface area contributed by atoms with E-state index >= 15 is 0 Å². The molecule has 8 heteroatoms. The average molecular weight is 477 g/mol. The third kappa shape index (κ3) is 5.82. The van der Waals surface area contributed by atoms with Crippen LogP contribution in [0, 0.1) is 5.92 Å². The smallest absolute Gasteiger partial charge is 0.224 e. The molecule has 1 unspecified atom stereocenters. The van der Waals surface area contributed by atoms with E-state index in [0.717, 1.165) is 49.5 Å². The minimum absolute atomic E-state index is 0.00974. The Hall–Kier alpha value is -3.39. The van der Waals surface area contributed by atoms with Gasteiger partial charge in [0, 0.05) is 31.8 Å². The quantitative estimate of drug-likeness (QED) is 0.524. The standard InChI is InChI=1S/C27H32N4O4/c1-33-26-9-6-21-27(30-26)22(10-12-28-21)29-25(32)8-5-20-3-2-13-31(18-20)14-11-19-4-7-23-24(17-19)35-16-15-34-23/h4,6-7,9-10,12,17,20H,2-3,5,8,11,13-16,18H2,1H3,(H,28,29,32). The molecule has 1 saturated heterocycles. The Balaban J connectivity index is 1.11. The number of methoxy groups -OCH3 is 1. The van der Waals surface area contributed by atoms with Gasteiger partial charge in [-0.2, -0.15) is 0 Å². The van der Waals surface area contributed by atoms with Gasteiger partial charge in [-0.25, -0.2) is 4.98 Å². The second-order valence-corrected chi connectivity index (χ2v) is 9.20. The molecule has 1 amide bonds. The first-order valence-corrected chi connectivity index (χ1v) is 12.4. The number of anilines is 1. The molecule has 0 bridgehead atoms. The molecule has 35 heavy (non-hydrogen) atoms. The van der Waals surface area contributed by atoms with Gasteiger partial charge >= 0.3 is 0 Å². The highest BCUT2D eigenvalue weighted by Gasteiger charge is 2.21. The normalized spacial score (nSPS) is 17.8. The molecule has 2 aromatic heterocycles. The Morgan fingerprint density at radius 2 is 2.06 bits per heavy atom. The number of hydrogen-bond acceptors (Lipinski definition) is 7. The van der Waals surface area contributed by atoms with Crippen LogP contribution < -0.4 is 19.5 Å². The first kappa shape index (κ1) is 23.4. The number of rotatable bonds is 8. The number of fused-ring (bicyclic) bond motifs is 2. The van der Waals surface area contributed by atoms with Gasteiger partial charge in [-0.05, 0) is 68.0 Å². The topological polar surface area (TPSA) is 85.8 Å². The summed E-state index contributed by atoms with van der Waals surface area (Å²) in [6.45, 7) is 4.39. The average Bonchev–Trinajstić information content (AvgIpc) is 2.91. The number of amides is 1. The van der Waals surface area contributed by atoms with Crippen molar-refractivity contribution in [3.05, 3.63) is 48.2 Å². The number of aromatic nitrogens is 2. The van der Waals surface area contributed by atoms with Gasteiger partial charge in [-0.1, -0.05) is 6.07 Å². The van der Waals surface area contributed by atoms with Crippen LogP contribution in [0.15, 0.2) is 42.6 Å². The summed E-state index contributed by atoms with van der Waals surface area (Å²) < 4.78 is 16.6. The number of carbonyl (C=O) groups excluding carboxylic acids is 1. The second kappa shape index (κ2) is 10.9. The first-order chi connectivity index (χ1) is 17.2. The van der Waals surface area contributed by atoms with E-state index in [1.807, 2.05) is 12.1 Å². The molecule has 1 N–H and O–H groups in total. The van der Waals surface area contributed by atoms with E-state index in [1.165, 1.54) is 18.4 Å². The van der Waals surface area contributed by atoms with E-state index in [2.05, 4.69) is 32.3 Å². The molecule has 8 nitrogen and oxygen atoms in total. The van der Waals surface area contributed by atoms with Gasteiger partial charge in [-0.3, -0.25) is 9.78 Å². The number of pyridine rings is 2. The van der Waals surface area contributed by atoms with Gasteiger partial charge in [0.05, 0.1) is 18.3 Å². The predicted octanol–water partition coefficient (Wildman–Crippen LogP) is 4.08. The second-order valence-electron chi connectivity index (χ2n) is 9.20. The Morgan fingerprint density at radius 3 is 2.94 bits per heavy atom. The van der Waals surface area contributed by atoms with E-state index in [1.54, 1.807) is 25.4 Å². The summed E-state index contributed by atoms with van der Waals surface area (Å²) in [7, 11) is 1.58. The van der Waals surface area contributed by atoms with Crippen LogP contribution in [0.25, 0.3) is 11.0 Å². The molecule has 0 aliphatic carbocycles. The first-order valence-electron chi connectivity index (χ1n) is 12.4. The van der Waals surface area contributed by atoms with E-state index in [9.17, 15) is 4.79 Å². The fraction of sp³-hybridized carbons (Fsp3) is 0.444. The minimum atomic E-state index is 0.00974. The van der Waals surface area contributed by atoms with Crippen molar-refractivity contribution < 1.29 is 19.0 Å². The van der Waals surface area contributed by atoms with Crippen molar-refractivity contribution in [3.63, 3.8) is 0 Å². The van der Waals surface area contributed by atoms with Gasteiger partial charge < -0.3 is 24.4 Å². The summed E-state index contributed by atoms with van der Waals surface area (Å²) in [4.78, 5) is 24.0. The van der Waals surface area contributed by atoms with E-state index < -0.39 is 0 Å². The number of ether oxygens (including phenoxy) is 3. The molecule has 2 aliphatic rings. The SMILES string of the molecule is COc1ccc2nccc(NC(=O)CCC3CCCN(CCc4ccc5c(c4)OCCO5)C3)c2n1. The lowest BCUT2D eigenvalue weighted by Crippen LogP contribution is -2.37. The molecule has 5 rings (SSSR count). The van der Waals surface area contributed by atoms with Gasteiger partial charge in [0.15, 0.2) is 11.5 Å². The van der Waals surface area contributed by atoms with Crippen LogP contribution in [0.5, 0.6) is 17.4 Å². The molecule has 0 spiro atoms. The molecule has 184 valence electrons. The number of nitrogens with one attached hydrogen (secondary N) is 1. The van der Waals surface area contributed by atoms with Gasteiger partial charge in [-0.15, -0.1) is 0 Å². The summed E-state index contributed by atoms with van der Waals surface area (Å²) in [5.74, 6) is 2.73. The summed E-state index contributed by atoms with van der Waals surface area (Å²) in [5.41, 5.74) is 3.31. The maximum absolute atomic E-state index is 12.7. The van der Waals surface area contributed by atoms with Crippen molar-refractivity contribution in [2.45, 2.75) is 32.1 Å². The van der Waals surface area contributed by atoms with E-state index in [0.29, 0.717) is 42.6 Å². The fourth-order valence-corrected chi connectivity index (χ4v) is 4.89. The van der Waals surface area contributed by atoms with Gasteiger partial charge in [0.1, 0.15) is 18.7 Å². The molecule has 4 heterocycles. The molecular weight excluding hydrogens is 444 g/mol. The van der Waals surface area contributed by atoms with E-state index in [-0.39, 0.29) is 5.91 Å². The largest absolute Gasteiger partial charge is 0.486 e. The van der Waals surface area contributed by atoms with Gasteiger partial charge in [0.25, 0.3) is 0 Å². The zero-order chi connectivity index (χ0) is 24.0. The Morgan fingerprint density at radius 1 is 1.17 bits per heavy atom. The number of hydrogen-bond donors (Lipinski definition) is 1. The number of nitrogens with zero attached hydrogens (tertiary/aromatic N) is 3. The van der Waals surface area contributed by atoms with E-state index in [4.69, 9.17) is 14.2 Å². The van der Waals surface area contributed by atoms with Crippen LogP contribution in [-0.2, 0) is 11.2 Å². The van der Waals surface area contributed by atoms with Crippen molar-refractivity contribution in [3.8, 4) is 17.4 Å². The Bertz CT molecular complexity index is 1190. The predicted molar refractivity (Wildman–Crippen MR) is 134 cm³/mol. The molecule has 1 aromatic carbocycles. The number of likely N-dealkylation sites (tertiary alicyclic amines) is 1. The molecule has 2 aliphatic heterocycles. The lowest BCUT2D eigenvalue weighted by Gasteiger charge is -2.32. The lowest BCUT2D eigenvalue weighted by molar-refractivity contribution is -0.116. The Kier molecular flexibility index (Phi) is 7.28. The minimum Gasteiger partial charge on any atom is -0.486 e. The fourth-order valence-electron chi connectivity index (χ4n) is 4.89. The van der Waals surface area contributed by atoms with Crippen molar-refractivity contribution in [2.75, 3.05) is 45.3 Å². The molecule has 0 saturated carbocycles. The third-order valence-corrected chi connectivity index (χ3v) is 6.75. The highest BCUT2D eigenvalue weighted by atomic mass is 16.6. The van der Waals surface area contributed by atoms with Crippen molar-refractivity contribution in [2.24, 2.45) is 5.92 Å². The number of benzene rings is 1. The van der Waals surface area contributed by atoms with Crippen LogP contribution in [0.1, 0.15) is 31.2 Å². The molecule has 1 atom stereocenters. The number of carbonyl (C=O) groups is 1. The third-order valence-electron chi connectivity index (χ3n) is 6.75. The molecule has 0 radical (unpaired) electrons. The van der Waals surface area contributed by atoms with Crippen molar-refractivity contribution in [1.29, 1.82) is 0 Å². The maximum Gasteiger partial charge on any atom is 0.224 e. The van der Waals surface area contributed by atoms with Crippen LogP contribution in [0.2, 0.25) is 0 Å².